The molecular weight excluding hydrogens is 393 g/mol. The number of nitrogens with zero attached hydrogens (tertiary/aromatic N) is 1. The molecule has 1 saturated carbocycles. The van der Waals surface area contributed by atoms with Crippen molar-refractivity contribution in [2.45, 2.75) is 64.3 Å². The van der Waals surface area contributed by atoms with Gasteiger partial charge in [-0.15, -0.1) is 0 Å². The Kier molecular flexibility index (Phi) is 6.27. The minimum absolute atomic E-state index is 0.319. The number of rotatable bonds is 5. The fourth-order valence-corrected chi connectivity index (χ4v) is 6.91. The molecule has 0 N–H and O–H groups in total. The van der Waals surface area contributed by atoms with E-state index in [-0.39, 0.29) is 0 Å². The molecule has 0 atom stereocenters. The number of allylic oxidation sites excluding steroid dienone is 1. The SMILES string of the molecule is CCCC/C(=C1\[Se]C(=NC2CCCCC2)c2ccccc21)c1ccccc1. The van der Waals surface area contributed by atoms with E-state index in [0.717, 1.165) is 0 Å². The van der Waals surface area contributed by atoms with Crippen molar-refractivity contribution in [1.29, 1.82) is 0 Å². The molecule has 1 nitrogen and oxygen atoms in total. The van der Waals surface area contributed by atoms with Crippen LogP contribution in [0.25, 0.3) is 10.0 Å². The molecule has 0 aromatic heterocycles. The van der Waals surface area contributed by atoms with Crippen molar-refractivity contribution in [1.82, 2.24) is 0 Å². The van der Waals surface area contributed by atoms with Gasteiger partial charge >= 0.3 is 170 Å². The molecule has 1 aliphatic heterocycles. The molecule has 27 heavy (non-hydrogen) atoms. The molecule has 0 unspecified atom stereocenters. The Balaban J connectivity index is 1.77. The molecule has 4 rings (SSSR count). The first-order chi connectivity index (χ1) is 13.4. The van der Waals surface area contributed by atoms with Gasteiger partial charge in [0.05, 0.1) is 0 Å². The van der Waals surface area contributed by atoms with Crippen LogP contribution >= 0.6 is 0 Å². The zero-order valence-electron chi connectivity index (χ0n) is 16.3. The van der Waals surface area contributed by atoms with Crippen LogP contribution in [0.3, 0.4) is 0 Å². The van der Waals surface area contributed by atoms with E-state index in [1.807, 2.05) is 0 Å². The molecule has 1 heterocycles. The average Bonchev–Trinajstić information content (AvgIpc) is 3.08. The number of benzene rings is 2. The van der Waals surface area contributed by atoms with E-state index in [0.29, 0.717) is 21.0 Å². The van der Waals surface area contributed by atoms with Crippen LogP contribution in [0.15, 0.2) is 59.6 Å². The molecule has 0 amide bonds. The second-order valence-corrected chi connectivity index (χ2v) is 9.75. The van der Waals surface area contributed by atoms with Crippen LogP contribution in [0.5, 0.6) is 0 Å². The van der Waals surface area contributed by atoms with E-state index in [1.54, 1.807) is 10.0 Å². The molecule has 2 heteroatoms. The summed E-state index contributed by atoms with van der Waals surface area (Å²) in [6.45, 7) is 2.29. The van der Waals surface area contributed by atoms with Crippen molar-refractivity contribution < 1.29 is 0 Å². The van der Waals surface area contributed by atoms with Crippen LogP contribution in [0, 0.1) is 0 Å². The van der Waals surface area contributed by atoms with E-state index in [4.69, 9.17) is 4.99 Å². The third kappa shape index (κ3) is 4.28. The van der Waals surface area contributed by atoms with E-state index in [9.17, 15) is 0 Å². The van der Waals surface area contributed by atoms with Crippen molar-refractivity contribution in [3.05, 3.63) is 71.3 Å². The van der Waals surface area contributed by atoms with Gasteiger partial charge < -0.3 is 0 Å². The molecule has 2 aliphatic rings. The Morgan fingerprint density at radius 2 is 1.63 bits per heavy atom. The third-order valence-electron chi connectivity index (χ3n) is 5.65. The average molecular weight is 422 g/mol. The Bertz CT molecular complexity index is 828. The molecular formula is C25H29NSe. The van der Waals surface area contributed by atoms with Gasteiger partial charge in [-0.3, -0.25) is 0 Å². The zero-order valence-corrected chi connectivity index (χ0v) is 18.0. The molecule has 0 spiro atoms. The molecule has 140 valence electrons. The van der Waals surface area contributed by atoms with Crippen molar-refractivity contribution >= 4 is 29.6 Å². The third-order valence-corrected chi connectivity index (χ3v) is 8.15. The van der Waals surface area contributed by atoms with Gasteiger partial charge in [0.1, 0.15) is 0 Å². The topological polar surface area (TPSA) is 12.4 Å². The summed E-state index contributed by atoms with van der Waals surface area (Å²) >= 11 is 0.319. The van der Waals surface area contributed by atoms with Gasteiger partial charge in [-0.05, 0) is 0 Å². The van der Waals surface area contributed by atoms with Gasteiger partial charge in [-0.25, -0.2) is 0 Å². The molecule has 2 aromatic rings. The Hall–Kier alpha value is -1.63. The Labute approximate surface area is 170 Å². The van der Waals surface area contributed by atoms with Gasteiger partial charge in [0.2, 0.25) is 0 Å². The quantitative estimate of drug-likeness (QED) is 0.485. The maximum atomic E-state index is 5.29. The summed E-state index contributed by atoms with van der Waals surface area (Å²) < 4.78 is 2.97. The van der Waals surface area contributed by atoms with E-state index in [2.05, 4.69) is 61.5 Å². The number of unbranched alkanes of at least 4 members (excludes halogenated alkanes) is 1. The molecule has 0 bridgehead atoms. The number of fused-ring (bicyclic) bond motifs is 1. The second-order valence-electron chi connectivity index (χ2n) is 7.65. The summed E-state index contributed by atoms with van der Waals surface area (Å²) in [6, 6.07) is 20.6. The van der Waals surface area contributed by atoms with Crippen LogP contribution in [0.2, 0.25) is 0 Å². The summed E-state index contributed by atoms with van der Waals surface area (Å²) in [4.78, 5) is 5.29. The van der Waals surface area contributed by atoms with Gasteiger partial charge in [0, 0.05) is 0 Å². The molecule has 0 saturated heterocycles. The standard InChI is InChI=1S/C25H29NSe/c1-2-3-16-21(19-12-6-4-7-13-19)24-22-17-10-11-18-23(22)25(27-24)26-20-14-8-5-9-15-20/h4,6-7,10-13,17-18,20H,2-3,5,8-9,14-16H2,1H3/b24-21+,26-25?. The molecule has 0 radical (unpaired) electrons. The van der Waals surface area contributed by atoms with Crippen LogP contribution in [0.4, 0.5) is 0 Å². The van der Waals surface area contributed by atoms with E-state index >= 15 is 0 Å². The molecule has 1 fully saturated rings. The van der Waals surface area contributed by atoms with Gasteiger partial charge in [-0.2, -0.15) is 0 Å². The predicted octanol–water partition coefficient (Wildman–Crippen LogP) is 6.54. The van der Waals surface area contributed by atoms with Crippen LogP contribution < -0.4 is 0 Å². The fraction of sp³-hybridized carbons (Fsp3) is 0.400. The van der Waals surface area contributed by atoms with Gasteiger partial charge in [-0.1, -0.05) is 0 Å². The van der Waals surface area contributed by atoms with Crippen molar-refractivity contribution in [3.8, 4) is 0 Å². The van der Waals surface area contributed by atoms with Crippen LogP contribution in [0.1, 0.15) is 75.0 Å². The van der Waals surface area contributed by atoms with Gasteiger partial charge in [0.25, 0.3) is 0 Å². The first kappa shape index (κ1) is 18.7. The fourth-order valence-electron chi connectivity index (χ4n) is 4.15. The first-order valence-corrected chi connectivity index (χ1v) is 12.2. The summed E-state index contributed by atoms with van der Waals surface area (Å²) in [5, 5.41) is 0. The summed E-state index contributed by atoms with van der Waals surface area (Å²) in [6.07, 6.45) is 10.3. The zero-order chi connectivity index (χ0) is 18.5. The van der Waals surface area contributed by atoms with Crippen LogP contribution in [-0.4, -0.2) is 25.6 Å². The molecule has 1 aliphatic carbocycles. The Morgan fingerprint density at radius 3 is 2.37 bits per heavy atom. The van der Waals surface area contributed by atoms with Crippen molar-refractivity contribution in [2.24, 2.45) is 4.99 Å². The van der Waals surface area contributed by atoms with Crippen LogP contribution in [-0.2, 0) is 0 Å². The van der Waals surface area contributed by atoms with Gasteiger partial charge in [0.15, 0.2) is 0 Å². The van der Waals surface area contributed by atoms with E-state index in [1.165, 1.54) is 72.7 Å². The normalized spacial score (nSPS) is 20.7. The maximum absolute atomic E-state index is 5.29. The Morgan fingerprint density at radius 1 is 0.926 bits per heavy atom. The number of aliphatic imine (C=N–C) groups is 1. The van der Waals surface area contributed by atoms with Crippen molar-refractivity contribution in [3.63, 3.8) is 0 Å². The van der Waals surface area contributed by atoms with Crippen molar-refractivity contribution in [2.75, 3.05) is 0 Å². The van der Waals surface area contributed by atoms with E-state index < -0.39 is 0 Å². The number of hydrogen-bond donors (Lipinski definition) is 0. The second kappa shape index (κ2) is 9.04. The summed E-state index contributed by atoms with van der Waals surface area (Å²) in [5.41, 5.74) is 5.81. The first-order valence-electron chi connectivity index (χ1n) is 10.5. The predicted molar refractivity (Wildman–Crippen MR) is 118 cm³/mol. The number of hydrogen-bond acceptors (Lipinski definition) is 1. The minimum atomic E-state index is 0.319. The molecule has 2 aromatic carbocycles. The monoisotopic (exact) mass is 423 g/mol. The summed E-state index contributed by atoms with van der Waals surface area (Å²) in [5.74, 6) is 0. The summed E-state index contributed by atoms with van der Waals surface area (Å²) in [7, 11) is 0.